The molecule has 3 N–H and O–H groups in total. The van der Waals surface area contributed by atoms with Gasteiger partial charge in [-0.2, -0.15) is 0 Å². The first-order valence-electron chi connectivity index (χ1n) is 6.01. The van der Waals surface area contributed by atoms with Gasteiger partial charge >= 0.3 is 0 Å². The summed E-state index contributed by atoms with van der Waals surface area (Å²) in [6, 6.07) is 0. The molecule has 94 valence electrons. The van der Waals surface area contributed by atoms with E-state index in [1.54, 1.807) is 6.92 Å². The first-order chi connectivity index (χ1) is 7.63. The summed E-state index contributed by atoms with van der Waals surface area (Å²) in [6.45, 7) is 6.67. The third kappa shape index (κ3) is 4.47. The monoisotopic (exact) mass is 229 g/mol. The Morgan fingerprint density at radius 3 is 2.75 bits per heavy atom. The number of nitrogens with zero attached hydrogens (tertiary/aromatic N) is 2. The molecule has 1 aliphatic heterocycles. The molecule has 1 aliphatic rings. The van der Waals surface area contributed by atoms with Crippen LogP contribution in [0.15, 0.2) is 0 Å². The summed E-state index contributed by atoms with van der Waals surface area (Å²) in [7, 11) is 0. The van der Waals surface area contributed by atoms with Gasteiger partial charge in [-0.05, 0) is 19.9 Å². The number of carbonyl (C=O) groups is 1. The Kier molecular flexibility index (Phi) is 5.73. The van der Waals surface area contributed by atoms with Crippen molar-refractivity contribution in [3.63, 3.8) is 0 Å². The van der Waals surface area contributed by atoms with Crippen LogP contribution in [0.5, 0.6) is 0 Å². The van der Waals surface area contributed by atoms with Gasteiger partial charge in [0.1, 0.15) is 0 Å². The van der Waals surface area contributed by atoms with E-state index >= 15 is 0 Å². The van der Waals surface area contributed by atoms with Crippen molar-refractivity contribution >= 4 is 5.91 Å². The van der Waals surface area contributed by atoms with Crippen molar-refractivity contribution in [2.75, 3.05) is 39.3 Å². The largest absolute Gasteiger partial charge is 0.393 e. The molecule has 1 fully saturated rings. The fraction of sp³-hybridized carbons (Fsp3) is 0.909. The van der Waals surface area contributed by atoms with Crippen LogP contribution >= 0.6 is 0 Å². The molecule has 0 aromatic rings. The molecule has 0 radical (unpaired) electrons. The number of amides is 1. The average Bonchev–Trinajstić information content (AvgIpc) is 2.43. The van der Waals surface area contributed by atoms with Crippen LogP contribution in [0.4, 0.5) is 0 Å². The minimum absolute atomic E-state index is 0.0598. The summed E-state index contributed by atoms with van der Waals surface area (Å²) in [6.07, 6.45) is 0.679. The van der Waals surface area contributed by atoms with E-state index in [-0.39, 0.29) is 12.3 Å². The van der Waals surface area contributed by atoms with Crippen LogP contribution in [0.1, 0.15) is 19.8 Å². The van der Waals surface area contributed by atoms with Crippen molar-refractivity contribution in [3.8, 4) is 0 Å². The van der Waals surface area contributed by atoms with Crippen molar-refractivity contribution in [1.29, 1.82) is 0 Å². The van der Waals surface area contributed by atoms with Crippen molar-refractivity contribution in [2.45, 2.75) is 25.9 Å². The Morgan fingerprint density at radius 1 is 1.38 bits per heavy atom. The number of hydrogen-bond acceptors (Lipinski definition) is 4. The molecule has 1 unspecified atom stereocenters. The molecule has 1 rings (SSSR count). The Balaban J connectivity index is 2.37. The van der Waals surface area contributed by atoms with Gasteiger partial charge in [-0.15, -0.1) is 0 Å². The summed E-state index contributed by atoms with van der Waals surface area (Å²) >= 11 is 0. The number of hydrogen-bond donors (Lipinski definition) is 2. The maximum absolute atomic E-state index is 11.7. The van der Waals surface area contributed by atoms with Crippen molar-refractivity contribution < 1.29 is 9.90 Å². The summed E-state index contributed by atoms with van der Waals surface area (Å²) in [5.41, 5.74) is 5.52. The fourth-order valence-corrected chi connectivity index (χ4v) is 2.01. The lowest BCUT2D eigenvalue weighted by molar-refractivity contribution is -0.132. The molecule has 16 heavy (non-hydrogen) atoms. The predicted octanol–water partition coefficient (Wildman–Crippen LogP) is -0.750. The SMILES string of the molecule is CC(O)CC(=O)N1CCCN(CCN)CC1. The van der Waals surface area contributed by atoms with E-state index in [4.69, 9.17) is 5.73 Å². The highest BCUT2D eigenvalue weighted by Crippen LogP contribution is 2.05. The molecular weight excluding hydrogens is 206 g/mol. The molecule has 0 spiro atoms. The van der Waals surface area contributed by atoms with Crippen LogP contribution in [-0.2, 0) is 4.79 Å². The first kappa shape index (κ1) is 13.4. The average molecular weight is 229 g/mol. The second kappa shape index (κ2) is 6.83. The molecule has 0 bridgehead atoms. The van der Waals surface area contributed by atoms with E-state index in [1.165, 1.54) is 0 Å². The number of nitrogens with two attached hydrogens (primary N) is 1. The molecule has 1 atom stereocenters. The Morgan fingerprint density at radius 2 is 2.12 bits per heavy atom. The van der Waals surface area contributed by atoms with E-state index in [0.29, 0.717) is 6.54 Å². The van der Waals surface area contributed by atoms with E-state index < -0.39 is 6.10 Å². The maximum Gasteiger partial charge on any atom is 0.225 e. The van der Waals surface area contributed by atoms with Gasteiger partial charge in [0, 0.05) is 32.7 Å². The third-order valence-corrected chi connectivity index (χ3v) is 2.86. The minimum atomic E-state index is -0.545. The van der Waals surface area contributed by atoms with Crippen LogP contribution in [0.2, 0.25) is 0 Å². The topological polar surface area (TPSA) is 69.8 Å². The van der Waals surface area contributed by atoms with Crippen LogP contribution in [0.3, 0.4) is 0 Å². The standard InChI is InChI=1S/C11H23N3O2/c1-10(15)9-11(16)14-5-2-4-13(6-3-12)7-8-14/h10,15H,2-9,12H2,1H3. The lowest BCUT2D eigenvalue weighted by Crippen LogP contribution is -2.37. The van der Waals surface area contributed by atoms with Gasteiger partial charge in [0.05, 0.1) is 12.5 Å². The van der Waals surface area contributed by atoms with E-state index in [1.807, 2.05) is 4.90 Å². The molecular formula is C11H23N3O2. The molecule has 1 heterocycles. The van der Waals surface area contributed by atoms with Gasteiger partial charge in [0.2, 0.25) is 5.91 Å². The van der Waals surface area contributed by atoms with Crippen molar-refractivity contribution in [3.05, 3.63) is 0 Å². The third-order valence-electron chi connectivity index (χ3n) is 2.86. The van der Waals surface area contributed by atoms with Gasteiger partial charge in [0.25, 0.3) is 0 Å². The molecule has 0 saturated carbocycles. The Bertz CT molecular complexity index is 221. The van der Waals surface area contributed by atoms with Gasteiger partial charge in [-0.25, -0.2) is 0 Å². The zero-order valence-corrected chi connectivity index (χ0v) is 10.1. The molecule has 5 heteroatoms. The minimum Gasteiger partial charge on any atom is -0.393 e. The predicted molar refractivity (Wildman–Crippen MR) is 63.0 cm³/mol. The second-order valence-electron chi connectivity index (χ2n) is 4.42. The van der Waals surface area contributed by atoms with Gasteiger partial charge in [-0.1, -0.05) is 0 Å². The number of rotatable bonds is 4. The molecule has 1 saturated heterocycles. The van der Waals surface area contributed by atoms with Crippen molar-refractivity contribution in [2.24, 2.45) is 5.73 Å². The smallest absolute Gasteiger partial charge is 0.225 e. The zero-order chi connectivity index (χ0) is 12.0. The van der Waals surface area contributed by atoms with Gasteiger partial charge < -0.3 is 20.6 Å². The van der Waals surface area contributed by atoms with E-state index in [9.17, 15) is 9.90 Å². The fourth-order valence-electron chi connectivity index (χ4n) is 2.01. The van der Waals surface area contributed by atoms with Gasteiger partial charge in [0.15, 0.2) is 0 Å². The van der Waals surface area contributed by atoms with Crippen LogP contribution in [-0.4, -0.2) is 66.2 Å². The van der Waals surface area contributed by atoms with Crippen LogP contribution in [0, 0.1) is 0 Å². The van der Waals surface area contributed by atoms with Crippen LogP contribution in [0.25, 0.3) is 0 Å². The first-order valence-corrected chi connectivity index (χ1v) is 6.01. The summed E-state index contributed by atoms with van der Waals surface area (Å²) < 4.78 is 0. The highest BCUT2D eigenvalue weighted by atomic mass is 16.3. The molecule has 1 amide bonds. The molecule has 0 aliphatic carbocycles. The van der Waals surface area contributed by atoms with Crippen molar-refractivity contribution in [1.82, 2.24) is 9.80 Å². The Hall–Kier alpha value is -0.650. The maximum atomic E-state index is 11.7. The lowest BCUT2D eigenvalue weighted by atomic mass is 10.2. The highest BCUT2D eigenvalue weighted by Gasteiger charge is 2.19. The summed E-state index contributed by atoms with van der Waals surface area (Å²) in [5, 5.41) is 9.19. The van der Waals surface area contributed by atoms with E-state index in [2.05, 4.69) is 4.90 Å². The highest BCUT2D eigenvalue weighted by molar-refractivity contribution is 5.76. The van der Waals surface area contributed by atoms with Gasteiger partial charge in [-0.3, -0.25) is 4.79 Å². The summed E-state index contributed by atoms with van der Waals surface area (Å²) in [4.78, 5) is 15.9. The molecule has 5 nitrogen and oxygen atoms in total. The van der Waals surface area contributed by atoms with Crippen LogP contribution < -0.4 is 5.73 Å². The summed E-state index contributed by atoms with van der Waals surface area (Å²) in [5.74, 6) is 0.0598. The lowest BCUT2D eigenvalue weighted by Gasteiger charge is -2.22. The molecule has 0 aromatic heterocycles. The Labute approximate surface area is 97.2 Å². The zero-order valence-electron chi connectivity index (χ0n) is 10.1. The second-order valence-corrected chi connectivity index (χ2v) is 4.42. The number of carbonyl (C=O) groups excluding carboxylic acids is 1. The number of aliphatic hydroxyl groups excluding tert-OH is 1. The van der Waals surface area contributed by atoms with E-state index in [0.717, 1.165) is 39.1 Å². The normalized spacial score (nSPS) is 20.6. The number of aliphatic hydroxyl groups is 1. The molecule has 0 aromatic carbocycles. The quantitative estimate of drug-likeness (QED) is 0.665.